The lowest BCUT2D eigenvalue weighted by atomic mass is 10.3. The number of anilines is 1. The van der Waals surface area contributed by atoms with Gasteiger partial charge in [0.1, 0.15) is 5.15 Å². The van der Waals surface area contributed by atoms with E-state index in [9.17, 15) is 0 Å². The Kier molecular flexibility index (Phi) is 3.49. The Morgan fingerprint density at radius 2 is 2.47 bits per heavy atom. The second-order valence-electron chi connectivity index (χ2n) is 4.10. The Morgan fingerprint density at radius 3 is 3.00 bits per heavy atom. The van der Waals surface area contributed by atoms with Crippen LogP contribution in [0.15, 0.2) is 5.38 Å². The highest BCUT2D eigenvalue weighted by molar-refractivity contribution is 7.14. The molecule has 0 radical (unpaired) electrons. The molecule has 1 aromatic heterocycles. The van der Waals surface area contributed by atoms with Crippen molar-refractivity contribution in [3.8, 4) is 0 Å². The molecule has 1 atom stereocenters. The minimum Gasteiger partial charge on any atom is -0.360 e. The third-order valence-electron chi connectivity index (χ3n) is 2.84. The van der Waals surface area contributed by atoms with Crippen LogP contribution in [0.4, 0.5) is 5.13 Å². The van der Waals surface area contributed by atoms with Crippen LogP contribution in [0.2, 0.25) is 5.15 Å². The fourth-order valence-corrected chi connectivity index (χ4v) is 2.40. The maximum absolute atomic E-state index is 5.75. The van der Waals surface area contributed by atoms with Crippen LogP contribution in [0, 0.1) is 0 Å². The molecular formula is C10H16ClN3S. The molecule has 0 aliphatic heterocycles. The highest BCUT2D eigenvalue weighted by Gasteiger charge is 2.28. The van der Waals surface area contributed by atoms with Gasteiger partial charge in [-0.2, -0.15) is 0 Å². The SMILES string of the molecule is CC(CNc1nc(Cl)cs1)N(C)C1CC1. The van der Waals surface area contributed by atoms with Crippen LogP contribution >= 0.6 is 22.9 Å². The summed E-state index contributed by atoms with van der Waals surface area (Å²) in [5.74, 6) is 0. The van der Waals surface area contributed by atoms with Crippen LogP contribution in [0.25, 0.3) is 0 Å². The zero-order chi connectivity index (χ0) is 10.8. The average Bonchev–Trinajstić information content (AvgIpc) is 2.98. The molecule has 1 saturated carbocycles. The van der Waals surface area contributed by atoms with Crippen molar-refractivity contribution in [1.29, 1.82) is 0 Å². The average molecular weight is 246 g/mol. The van der Waals surface area contributed by atoms with Crippen molar-refractivity contribution in [2.45, 2.75) is 31.8 Å². The molecule has 1 fully saturated rings. The molecule has 0 saturated heterocycles. The van der Waals surface area contributed by atoms with Gasteiger partial charge in [0.2, 0.25) is 0 Å². The van der Waals surface area contributed by atoms with Crippen LogP contribution in [-0.2, 0) is 0 Å². The van der Waals surface area contributed by atoms with E-state index in [4.69, 9.17) is 11.6 Å². The van der Waals surface area contributed by atoms with E-state index < -0.39 is 0 Å². The summed E-state index contributed by atoms with van der Waals surface area (Å²) in [6, 6.07) is 1.35. The molecule has 15 heavy (non-hydrogen) atoms. The number of nitrogens with zero attached hydrogens (tertiary/aromatic N) is 2. The summed E-state index contributed by atoms with van der Waals surface area (Å²) < 4.78 is 0. The number of halogens is 1. The molecule has 1 N–H and O–H groups in total. The van der Waals surface area contributed by atoms with Gasteiger partial charge in [-0.05, 0) is 26.8 Å². The van der Waals surface area contributed by atoms with E-state index in [2.05, 4.69) is 29.2 Å². The zero-order valence-electron chi connectivity index (χ0n) is 9.03. The largest absolute Gasteiger partial charge is 0.360 e. The van der Waals surface area contributed by atoms with Crippen molar-refractivity contribution in [2.24, 2.45) is 0 Å². The molecule has 0 bridgehead atoms. The summed E-state index contributed by atoms with van der Waals surface area (Å²) in [5.41, 5.74) is 0. The molecule has 84 valence electrons. The van der Waals surface area contributed by atoms with E-state index in [0.717, 1.165) is 17.7 Å². The number of hydrogen-bond donors (Lipinski definition) is 1. The predicted octanol–water partition coefficient (Wildman–Crippen LogP) is 2.69. The van der Waals surface area contributed by atoms with Gasteiger partial charge in [-0.1, -0.05) is 11.6 Å². The van der Waals surface area contributed by atoms with Crippen molar-refractivity contribution in [3.63, 3.8) is 0 Å². The minimum absolute atomic E-state index is 0.542. The summed E-state index contributed by atoms with van der Waals surface area (Å²) in [7, 11) is 2.19. The van der Waals surface area contributed by atoms with E-state index in [-0.39, 0.29) is 0 Å². The summed E-state index contributed by atoms with van der Waals surface area (Å²) >= 11 is 7.30. The molecule has 1 unspecified atom stereocenters. The topological polar surface area (TPSA) is 28.2 Å². The smallest absolute Gasteiger partial charge is 0.184 e. The molecule has 2 rings (SSSR count). The normalized spacial score (nSPS) is 18.1. The summed E-state index contributed by atoms with van der Waals surface area (Å²) in [6.07, 6.45) is 2.70. The fraction of sp³-hybridized carbons (Fsp3) is 0.700. The standard InChI is InChI=1S/C10H16ClN3S/c1-7(14(2)8-3-4-8)5-12-10-13-9(11)6-15-10/h6-8H,3-5H2,1-2H3,(H,12,13). The van der Waals surface area contributed by atoms with E-state index >= 15 is 0 Å². The Bertz CT molecular complexity index is 324. The molecular weight excluding hydrogens is 230 g/mol. The van der Waals surface area contributed by atoms with Crippen molar-refractivity contribution >= 4 is 28.1 Å². The Hall–Kier alpha value is -0.320. The fourth-order valence-electron chi connectivity index (χ4n) is 1.56. The monoisotopic (exact) mass is 245 g/mol. The molecule has 0 aromatic carbocycles. The van der Waals surface area contributed by atoms with Gasteiger partial charge in [-0.3, -0.25) is 4.90 Å². The number of likely N-dealkylation sites (N-methyl/N-ethyl adjacent to an activating group) is 1. The number of rotatable bonds is 5. The summed E-state index contributed by atoms with van der Waals surface area (Å²) in [4.78, 5) is 6.59. The lowest BCUT2D eigenvalue weighted by molar-refractivity contribution is 0.257. The first-order valence-electron chi connectivity index (χ1n) is 5.23. The number of hydrogen-bond acceptors (Lipinski definition) is 4. The maximum Gasteiger partial charge on any atom is 0.184 e. The van der Waals surface area contributed by atoms with E-state index in [1.165, 1.54) is 12.8 Å². The van der Waals surface area contributed by atoms with Crippen LogP contribution in [0.5, 0.6) is 0 Å². The first-order chi connectivity index (χ1) is 7.16. The Morgan fingerprint density at radius 1 is 1.73 bits per heavy atom. The van der Waals surface area contributed by atoms with Gasteiger partial charge in [0.25, 0.3) is 0 Å². The van der Waals surface area contributed by atoms with E-state index in [0.29, 0.717) is 11.2 Å². The molecule has 1 aromatic rings. The molecule has 1 aliphatic carbocycles. The van der Waals surface area contributed by atoms with Gasteiger partial charge in [0, 0.05) is 24.0 Å². The van der Waals surface area contributed by atoms with Crippen LogP contribution in [0.1, 0.15) is 19.8 Å². The third-order valence-corrected chi connectivity index (χ3v) is 3.97. The maximum atomic E-state index is 5.75. The summed E-state index contributed by atoms with van der Waals surface area (Å²) in [6.45, 7) is 3.16. The zero-order valence-corrected chi connectivity index (χ0v) is 10.6. The molecule has 3 nitrogen and oxygen atoms in total. The minimum atomic E-state index is 0.542. The van der Waals surface area contributed by atoms with Gasteiger partial charge in [-0.15, -0.1) is 11.3 Å². The molecule has 1 heterocycles. The molecule has 0 amide bonds. The van der Waals surface area contributed by atoms with Crippen LogP contribution in [0.3, 0.4) is 0 Å². The first-order valence-corrected chi connectivity index (χ1v) is 6.49. The predicted molar refractivity (Wildman–Crippen MR) is 65.9 cm³/mol. The van der Waals surface area contributed by atoms with E-state index in [1.54, 1.807) is 11.3 Å². The Labute approximate surface area is 99.5 Å². The number of nitrogens with one attached hydrogen (secondary N) is 1. The first kappa shape index (κ1) is 11.2. The van der Waals surface area contributed by atoms with Gasteiger partial charge < -0.3 is 5.32 Å². The number of thiazole rings is 1. The van der Waals surface area contributed by atoms with Gasteiger partial charge >= 0.3 is 0 Å². The van der Waals surface area contributed by atoms with Gasteiger partial charge in [0.15, 0.2) is 5.13 Å². The second kappa shape index (κ2) is 4.68. The lowest BCUT2D eigenvalue weighted by Crippen LogP contribution is -2.36. The highest BCUT2D eigenvalue weighted by atomic mass is 35.5. The molecule has 1 aliphatic rings. The quantitative estimate of drug-likeness (QED) is 0.865. The van der Waals surface area contributed by atoms with Gasteiger partial charge in [0.05, 0.1) is 0 Å². The third kappa shape index (κ3) is 3.06. The summed E-state index contributed by atoms with van der Waals surface area (Å²) in [5, 5.41) is 6.64. The second-order valence-corrected chi connectivity index (χ2v) is 5.35. The van der Waals surface area contributed by atoms with Gasteiger partial charge in [-0.25, -0.2) is 4.98 Å². The van der Waals surface area contributed by atoms with Crippen molar-refractivity contribution in [2.75, 3.05) is 18.9 Å². The van der Waals surface area contributed by atoms with E-state index in [1.807, 2.05) is 5.38 Å². The van der Waals surface area contributed by atoms with Crippen molar-refractivity contribution in [1.82, 2.24) is 9.88 Å². The van der Waals surface area contributed by atoms with Crippen molar-refractivity contribution < 1.29 is 0 Å². The number of aromatic nitrogens is 1. The highest BCUT2D eigenvalue weighted by Crippen LogP contribution is 2.27. The lowest BCUT2D eigenvalue weighted by Gasteiger charge is -2.24. The van der Waals surface area contributed by atoms with Crippen molar-refractivity contribution in [3.05, 3.63) is 10.5 Å². The molecule has 0 spiro atoms. The van der Waals surface area contributed by atoms with Crippen LogP contribution in [-0.4, -0.2) is 35.6 Å². The Balaban J connectivity index is 1.77. The molecule has 5 heteroatoms. The van der Waals surface area contributed by atoms with Crippen LogP contribution < -0.4 is 5.32 Å².